The van der Waals surface area contributed by atoms with Crippen molar-refractivity contribution >= 4 is 27.3 Å². The molecule has 28 heavy (non-hydrogen) atoms. The molecular weight excluding hydrogens is 403 g/mol. The summed E-state index contributed by atoms with van der Waals surface area (Å²) in [5.74, 6) is -0.761. The van der Waals surface area contributed by atoms with Crippen LogP contribution in [0.2, 0.25) is 0 Å². The molecule has 0 aliphatic carbocycles. The summed E-state index contributed by atoms with van der Waals surface area (Å²) in [7, 11) is -3.89. The maximum absolute atomic E-state index is 14.4. The third kappa shape index (κ3) is 3.90. The first-order valence-corrected chi connectivity index (χ1v) is 10.6. The van der Waals surface area contributed by atoms with Gasteiger partial charge in [0.2, 0.25) is 15.8 Å². The Kier molecular flexibility index (Phi) is 5.76. The number of carbonyl (C=O) groups is 1. The van der Waals surface area contributed by atoms with E-state index >= 15 is 0 Å². The Bertz CT molecular complexity index is 1110. The maximum atomic E-state index is 14.4. The predicted octanol–water partition coefficient (Wildman–Crippen LogP) is 3.90. The highest BCUT2D eigenvalue weighted by Gasteiger charge is 2.29. The van der Waals surface area contributed by atoms with Crippen LogP contribution in [-0.4, -0.2) is 31.1 Å². The zero-order valence-corrected chi connectivity index (χ0v) is 16.5. The molecule has 0 radical (unpaired) electrons. The molecule has 2 heterocycles. The molecule has 1 amide bonds. The molecule has 0 saturated carbocycles. The van der Waals surface area contributed by atoms with Crippen LogP contribution in [0.15, 0.2) is 57.8 Å². The van der Waals surface area contributed by atoms with Gasteiger partial charge in [-0.2, -0.15) is 4.39 Å². The number of hydrogen-bond donors (Lipinski definition) is 2. The van der Waals surface area contributed by atoms with Crippen LogP contribution in [0.1, 0.15) is 10.4 Å². The first-order chi connectivity index (χ1) is 13.3. The van der Waals surface area contributed by atoms with Crippen LogP contribution in [0.25, 0.3) is 11.1 Å². The SMILES string of the molecule is Cc1c(CCNC(=O)O)sc(S(=O)(=O)c2ccccc2)c1-c1cccnc1F. The van der Waals surface area contributed by atoms with Gasteiger partial charge in [0.1, 0.15) is 4.21 Å². The maximum Gasteiger partial charge on any atom is 0.404 e. The molecule has 2 aromatic heterocycles. The minimum Gasteiger partial charge on any atom is -0.465 e. The molecule has 3 rings (SSSR count). The third-order valence-electron chi connectivity index (χ3n) is 4.17. The molecule has 0 bridgehead atoms. The largest absolute Gasteiger partial charge is 0.465 e. The van der Waals surface area contributed by atoms with Crippen molar-refractivity contribution in [2.24, 2.45) is 0 Å². The number of hydrogen-bond acceptors (Lipinski definition) is 5. The van der Waals surface area contributed by atoms with Gasteiger partial charge < -0.3 is 10.4 Å². The van der Waals surface area contributed by atoms with Crippen LogP contribution in [0.5, 0.6) is 0 Å². The summed E-state index contributed by atoms with van der Waals surface area (Å²) in [6.07, 6.45) is 0.427. The van der Waals surface area contributed by atoms with Gasteiger partial charge in [0.15, 0.2) is 0 Å². The fraction of sp³-hybridized carbons (Fsp3) is 0.158. The second kappa shape index (κ2) is 8.07. The van der Waals surface area contributed by atoms with Crippen molar-refractivity contribution in [1.29, 1.82) is 0 Å². The standard InChI is InChI=1S/C19H17FN2O4S2/c1-12-15(9-11-22-19(23)24)27-18(16(12)14-8-5-10-21-17(14)20)28(25,26)13-6-3-2-4-7-13/h2-8,10,22H,9,11H2,1H3,(H,23,24). The molecule has 0 atom stereocenters. The summed E-state index contributed by atoms with van der Waals surface area (Å²) in [4.78, 5) is 15.1. The Hall–Kier alpha value is -2.78. The van der Waals surface area contributed by atoms with Crippen LogP contribution in [0.4, 0.5) is 9.18 Å². The smallest absolute Gasteiger partial charge is 0.404 e. The van der Waals surface area contributed by atoms with Gasteiger partial charge in [-0.1, -0.05) is 18.2 Å². The zero-order valence-electron chi connectivity index (χ0n) is 14.8. The number of thiophene rings is 1. The normalized spacial score (nSPS) is 11.4. The number of pyridine rings is 1. The van der Waals surface area contributed by atoms with Gasteiger partial charge in [-0.05, 0) is 43.2 Å². The molecular formula is C19H17FN2O4S2. The summed E-state index contributed by atoms with van der Waals surface area (Å²) in [6.45, 7) is 1.83. The highest BCUT2D eigenvalue weighted by Crippen LogP contribution is 2.42. The van der Waals surface area contributed by atoms with E-state index in [9.17, 15) is 17.6 Å². The first kappa shape index (κ1) is 20.0. The minimum absolute atomic E-state index is 0.0217. The summed E-state index contributed by atoms with van der Waals surface area (Å²) < 4.78 is 40.9. The second-order valence-electron chi connectivity index (χ2n) is 5.95. The van der Waals surface area contributed by atoms with Gasteiger partial charge in [-0.25, -0.2) is 18.2 Å². The fourth-order valence-electron chi connectivity index (χ4n) is 2.83. The van der Waals surface area contributed by atoms with E-state index in [-0.39, 0.29) is 26.8 Å². The van der Waals surface area contributed by atoms with Gasteiger partial charge in [0.25, 0.3) is 0 Å². The van der Waals surface area contributed by atoms with Crippen LogP contribution < -0.4 is 5.32 Å². The average molecular weight is 420 g/mol. The molecule has 6 nitrogen and oxygen atoms in total. The van der Waals surface area contributed by atoms with E-state index in [0.29, 0.717) is 16.9 Å². The molecule has 9 heteroatoms. The number of amides is 1. The second-order valence-corrected chi connectivity index (χ2v) is 9.20. The van der Waals surface area contributed by atoms with Crippen molar-refractivity contribution in [2.75, 3.05) is 6.54 Å². The number of rotatable bonds is 6. The minimum atomic E-state index is -3.89. The highest BCUT2D eigenvalue weighted by molar-refractivity contribution is 7.93. The molecule has 0 saturated heterocycles. The van der Waals surface area contributed by atoms with Gasteiger partial charge in [0.05, 0.1) is 4.90 Å². The molecule has 0 fully saturated rings. The molecule has 0 aliphatic rings. The molecule has 0 spiro atoms. The molecule has 0 unspecified atom stereocenters. The van der Waals surface area contributed by atoms with Crippen molar-refractivity contribution in [1.82, 2.24) is 10.3 Å². The summed E-state index contributed by atoms with van der Waals surface area (Å²) in [5.41, 5.74) is 0.964. The van der Waals surface area contributed by atoms with E-state index in [1.54, 1.807) is 31.2 Å². The lowest BCUT2D eigenvalue weighted by atomic mass is 10.0. The summed E-state index contributed by atoms with van der Waals surface area (Å²) >= 11 is 1.03. The quantitative estimate of drug-likeness (QED) is 0.590. The van der Waals surface area contributed by atoms with Crippen molar-refractivity contribution < 1.29 is 22.7 Å². The molecule has 1 aromatic carbocycles. The van der Waals surface area contributed by atoms with Crippen LogP contribution >= 0.6 is 11.3 Å². The van der Waals surface area contributed by atoms with E-state index in [1.165, 1.54) is 24.4 Å². The number of nitrogens with zero attached hydrogens (tertiary/aromatic N) is 1. The van der Waals surface area contributed by atoms with E-state index in [0.717, 1.165) is 11.3 Å². The zero-order chi connectivity index (χ0) is 20.3. The molecule has 3 aromatic rings. The van der Waals surface area contributed by atoms with Crippen molar-refractivity contribution in [3.8, 4) is 11.1 Å². The topological polar surface area (TPSA) is 96.4 Å². The van der Waals surface area contributed by atoms with Crippen molar-refractivity contribution in [3.05, 3.63) is 65.0 Å². The average Bonchev–Trinajstić information content (AvgIpc) is 3.00. The summed E-state index contributed by atoms with van der Waals surface area (Å²) in [5, 5.41) is 11.0. The number of sulfone groups is 1. The molecule has 2 N–H and O–H groups in total. The van der Waals surface area contributed by atoms with E-state index in [1.807, 2.05) is 0 Å². The molecule has 146 valence electrons. The Morgan fingerprint density at radius 2 is 1.93 bits per heavy atom. The van der Waals surface area contributed by atoms with Gasteiger partial charge in [0, 0.05) is 28.7 Å². The number of halogens is 1. The van der Waals surface area contributed by atoms with Gasteiger partial charge in [-0.3, -0.25) is 0 Å². The van der Waals surface area contributed by atoms with Gasteiger partial charge in [-0.15, -0.1) is 11.3 Å². The Morgan fingerprint density at radius 1 is 1.21 bits per heavy atom. The van der Waals surface area contributed by atoms with E-state index in [2.05, 4.69) is 10.3 Å². The Labute approximate surface area is 165 Å². The Morgan fingerprint density at radius 3 is 2.57 bits per heavy atom. The third-order valence-corrected chi connectivity index (χ3v) is 7.81. The van der Waals surface area contributed by atoms with Gasteiger partial charge >= 0.3 is 6.09 Å². The first-order valence-electron chi connectivity index (χ1n) is 8.32. The highest BCUT2D eigenvalue weighted by atomic mass is 32.2. The molecule has 0 aliphatic heterocycles. The van der Waals surface area contributed by atoms with Crippen LogP contribution in [-0.2, 0) is 16.3 Å². The van der Waals surface area contributed by atoms with Crippen LogP contribution in [0, 0.1) is 12.9 Å². The Balaban J connectivity index is 2.18. The summed E-state index contributed by atoms with van der Waals surface area (Å²) in [6, 6.07) is 11.0. The van der Waals surface area contributed by atoms with E-state index < -0.39 is 21.9 Å². The predicted molar refractivity (Wildman–Crippen MR) is 104 cm³/mol. The number of carboxylic acid groups (broad SMARTS) is 1. The van der Waals surface area contributed by atoms with E-state index in [4.69, 9.17) is 5.11 Å². The lowest BCUT2D eigenvalue weighted by Crippen LogP contribution is -2.23. The lowest BCUT2D eigenvalue weighted by Gasteiger charge is -2.08. The van der Waals surface area contributed by atoms with Crippen LogP contribution in [0.3, 0.4) is 0 Å². The lowest BCUT2D eigenvalue weighted by molar-refractivity contribution is 0.194. The number of nitrogens with one attached hydrogen (secondary N) is 1. The number of benzene rings is 1. The number of aromatic nitrogens is 1. The van der Waals surface area contributed by atoms with Crippen molar-refractivity contribution in [2.45, 2.75) is 22.4 Å². The monoisotopic (exact) mass is 420 g/mol. The fourth-order valence-corrected chi connectivity index (χ4v) is 6.17. The van der Waals surface area contributed by atoms with Crippen molar-refractivity contribution in [3.63, 3.8) is 0 Å².